The van der Waals surface area contributed by atoms with Crippen LogP contribution in [-0.4, -0.2) is 82.8 Å². The van der Waals surface area contributed by atoms with Crippen molar-refractivity contribution in [2.24, 2.45) is 11.8 Å². The van der Waals surface area contributed by atoms with Gasteiger partial charge in [0.05, 0.1) is 31.3 Å². The number of aliphatic hydroxyl groups is 1. The molecule has 1 aromatic carbocycles. The standard InChI is InChI=1S/C31H40N2O6/c1-2-3-10-17-32-18-12-16-31-26(25-24(39-31)15-9-4-5-11-19-38-30(25)37)28(35)33(27(31)29(32)36)23(21-34)20-22-13-7-6-8-14-22/h6-9,12-16,23-27,34H,2-5,10-11,17-21H2,1H3/b15-9-/t23-,24+,25-,26+,27?,31+/m1/s1. The predicted octanol–water partition coefficient (Wildman–Crippen LogP) is 3.04. The average molecular weight is 537 g/mol. The van der Waals surface area contributed by atoms with Gasteiger partial charge in [0, 0.05) is 13.1 Å². The number of nitrogens with zero attached hydrogens (tertiary/aromatic N) is 2. The summed E-state index contributed by atoms with van der Waals surface area (Å²) in [6.45, 7) is 3.09. The minimum absolute atomic E-state index is 0.195. The highest BCUT2D eigenvalue weighted by Gasteiger charge is 2.72. The number of fused-ring (bicyclic) bond motifs is 2. The highest BCUT2D eigenvalue weighted by molar-refractivity contribution is 5.99. The maximum absolute atomic E-state index is 14.4. The van der Waals surface area contributed by atoms with Crippen molar-refractivity contribution in [1.29, 1.82) is 0 Å². The van der Waals surface area contributed by atoms with Gasteiger partial charge in [-0.25, -0.2) is 0 Å². The number of cyclic esters (lactones) is 1. The van der Waals surface area contributed by atoms with Gasteiger partial charge in [0.15, 0.2) is 0 Å². The van der Waals surface area contributed by atoms with E-state index in [0.717, 1.165) is 44.1 Å². The van der Waals surface area contributed by atoms with E-state index in [0.29, 0.717) is 26.1 Å². The molecule has 4 heterocycles. The Kier molecular flexibility index (Phi) is 8.52. The van der Waals surface area contributed by atoms with Crippen LogP contribution in [0.1, 0.15) is 51.0 Å². The average Bonchev–Trinajstić information content (AvgIpc) is 3.34. The fraction of sp³-hybridized carbons (Fsp3) is 0.581. The molecule has 6 atom stereocenters. The van der Waals surface area contributed by atoms with Crippen LogP contribution in [0.2, 0.25) is 0 Å². The molecule has 39 heavy (non-hydrogen) atoms. The first-order valence-electron chi connectivity index (χ1n) is 14.5. The van der Waals surface area contributed by atoms with Gasteiger partial charge in [-0.15, -0.1) is 0 Å². The fourth-order valence-electron chi connectivity index (χ4n) is 6.69. The Hall–Kier alpha value is -2.97. The van der Waals surface area contributed by atoms with Crippen molar-refractivity contribution >= 4 is 17.8 Å². The van der Waals surface area contributed by atoms with Gasteiger partial charge in [-0.05, 0) is 37.7 Å². The number of benzene rings is 1. The molecular weight excluding hydrogens is 496 g/mol. The molecular formula is C31H40N2O6. The Bertz CT molecular complexity index is 1100. The summed E-state index contributed by atoms with van der Waals surface area (Å²) in [5.74, 6) is -2.77. The third kappa shape index (κ3) is 5.16. The Balaban J connectivity index is 1.57. The number of hydrogen-bond acceptors (Lipinski definition) is 6. The van der Waals surface area contributed by atoms with Crippen LogP contribution in [0.4, 0.5) is 0 Å². The fourth-order valence-corrected chi connectivity index (χ4v) is 6.69. The predicted molar refractivity (Wildman–Crippen MR) is 145 cm³/mol. The van der Waals surface area contributed by atoms with Crippen LogP contribution < -0.4 is 0 Å². The maximum atomic E-state index is 14.4. The number of carbonyl (C=O) groups is 3. The summed E-state index contributed by atoms with van der Waals surface area (Å²) in [6.07, 6.45) is 12.7. The van der Waals surface area contributed by atoms with Crippen LogP contribution in [0.5, 0.6) is 0 Å². The van der Waals surface area contributed by atoms with Crippen LogP contribution in [0.3, 0.4) is 0 Å². The Morgan fingerprint density at radius 1 is 1.08 bits per heavy atom. The van der Waals surface area contributed by atoms with Gasteiger partial charge in [0.2, 0.25) is 11.8 Å². The summed E-state index contributed by atoms with van der Waals surface area (Å²) in [4.78, 5) is 45.5. The first-order valence-corrected chi connectivity index (χ1v) is 14.5. The summed E-state index contributed by atoms with van der Waals surface area (Å²) in [6, 6.07) is 8.01. The van der Waals surface area contributed by atoms with E-state index in [1.54, 1.807) is 4.90 Å². The van der Waals surface area contributed by atoms with E-state index in [9.17, 15) is 19.5 Å². The normalized spacial score (nSPS) is 32.2. The topological polar surface area (TPSA) is 96.4 Å². The molecule has 2 fully saturated rings. The summed E-state index contributed by atoms with van der Waals surface area (Å²) in [7, 11) is 0. The molecule has 210 valence electrons. The van der Waals surface area contributed by atoms with E-state index in [4.69, 9.17) is 9.47 Å². The van der Waals surface area contributed by atoms with Crippen LogP contribution in [0.15, 0.2) is 54.6 Å². The molecule has 2 saturated heterocycles. The largest absolute Gasteiger partial charge is 0.465 e. The van der Waals surface area contributed by atoms with Crippen molar-refractivity contribution in [3.63, 3.8) is 0 Å². The Morgan fingerprint density at radius 2 is 1.90 bits per heavy atom. The molecule has 0 bridgehead atoms. The SMILES string of the molecule is CCCCCN1CC=C[C@]23O[C@H]4/C=C\CCCCOC(=O)[C@H]4[C@H]2C(=O)N([C@@H](CO)Cc2ccccc2)C3C1=O. The molecule has 4 aliphatic heterocycles. The quantitative estimate of drug-likeness (QED) is 0.312. The van der Waals surface area contributed by atoms with Gasteiger partial charge in [0.1, 0.15) is 17.6 Å². The van der Waals surface area contributed by atoms with Crippen molar-refractivity contribution in [3.8, 4) is 0 Å². The molecule has 0 aliphatic carbocycles. The lowest BCUT2D eigenvalue weighted by Crippen LogP contribution is -2.58. The van der Waals surface area contributed by atoms with Gasteiger partial charge in [-0.3, -0.25) is 14.4 Å². The molecule has 0 aromatic heterocycles. The van der Waals surface area contributed by atoms with E-state index in [1.807, 2.05) is 54.6 Å². The minimum atomic E-state index is -1.31. The highest BCUT2D eigenvalue weighted by atomic mass is 16.6. The number of likely N-dealkylation sites (tertiary alicyclic amines) is 1. The maximum Gasteiger partial charge on any atom is 0.312 e. The van der Waals surface area contributed by atoms with E-state index in [-0.39, 0.29) is 18.4 Å². The third-order valence-corrected chi connectivity index (χ3v) is 8.57. The first-order chi connectivity index (χ1) is 19.0. The van der Waals surface area contributed by atoms with E-state index in [2.05, 4.69) is 6.92 Å². The third-order valence-electron chi connectivity index (χ3n) is 8.57. The molecule has 0 saturated carbocycles. The van der Waals surface area contributed by atoms with Gasteiger partial charge in [0.25, 0.3) is 0 Å². The zero-order valence-corrected chi connectivity index (χ0v) is 22.7. The number of amides is 2. The second-order valence-electron chi connectivity index (χ2n) is 11.1. The van der Waals surface area contributed by atoms with Crippen LogP contribution in [0.25, 0.3) is 0 Å². The van der Waals surface area contributed by atoms with Crippen molar-refractivity contribution in [2.75, 3.05) is 26.3 Å². The second-order valence-corrected chi connectivity index (χ2v) is 11.1. The number of carbonyl (C=O) groups excluding carboxylic acids is 3. The van der Waals surface area contributed by atoms with Gasteiger partial charge in [-0.2, -0.15) is 0 Å². The molecule has 8 nitrogen and oxygen atoms in total. The summed E-state index contributed by atoms with van der Waals surface area (Å²) >= 11 is 0. The van der Waals surface area contributed by atoms with Gasteiger partial charge in [-0.1, -0.05) is 74.4 Å². The lowest BCUT2D eigenvalue weighted by molar-refractivity contribution is -0.156. The zero-order chi connectivity index (χ0) is 27.4. The van der Waals surface area contributed by atoms with Gasteiger partial charge >= 0.3 is 5.97 Å². The van der Waals surface area contributed by atoms with Crippen molar-refractivity contribution in [3.05, 3.63) is 60.2 Å². The minimum Gasteiger partial charge on any atom is -0.465 e. The van der Waals surface area contributed by atoms with Gasteiger partial charge < -0.3 is 24.4 Å². The van der Waals surface area contributed by atoms with Crippen molar-refractivity contribution in [1.82, 2.24) is 9.80 Å². The number of hydrogen-bond donors (Lipinski definition) is 1. The van der Waals surface area contributed by atoms with Crippen LogP contribution in [0, 0.1) is 11.8 Å². The van der Waals surface area contributed by atoms with Crippen LogP contribution in [-0.2, 0) is 30.3 Å². The molecule has 1 aromatic rings. The molecule has 4 aliphatic rings. The van der Waals surface area contributed by atoms with Crippen molar-refractivity contribution < 1.29 is 29.0 Å². The number of unbranched alkanes of at least 4 members (excludes halogenated alkanes) is 2. The van der Waals surface area contributed by atoms with E-state index >= 15 is 0 Å². The number of aliphatic hydroxyl groups excluding tert-OH is 1. The number of ether oxygens (including phenoxy) is 2. The molecule has 1 spiro atoms. The zero-order valence-electron chi connectivity index (χ0n) is 22.7. The molecule has 1 unspecified atom stereocenters. The number of allylic oxidation sites excluding steroid dienone is 1. The summed E-state index contributed by atoms with van der Waals surface area (Å²) < 4.78 is 12.3. The lowest BCUT2D eigenvalue weighted by Gasteiger charge is -2.38. The molecule has 8 heteroatoms. The second kappa shape index (κ2) is 12.0. The van der Waals surface area contributed by atoms with Crippen molar-refractivity contribution in [2.45, 2.75) is 75.7 Å². The molecule has 2 amide bonds. The number of rotatable bonds is 8. The lowest BCUT2D eigenvalue weighted by atomic mass is 9.78. The Labute approximate surface area is 230 Å². The number of esters is 1. The summed E-state index contributed by atoms with van der Waals surface area (Å²) in [5.41, 5.74) is -0.364. The van der Waals surface area contributed by atoms with E-state index in [1.165, 1.54) is 4.90 Å². The van der Waals surface area contributed by atoms with E-state index < -0.39 is 41.6 Å². The monoisotopic (exact) mass is 536 g/mol. The first kappa shape index (κ1) is 27.6. The molecule has 5 rings (SSSR count). The molecule has 1 N–H and O–H groups in total. The highest BCUT2D eigenvalue weighted by Crippen LogP contribution is 2.53. The smallest absolute Gasteiger partial charge is 0.312 e. The Morgan fingerprint density at radius 3 is 2.67 bits per heavy atom. The van der Waals surface area contributed by atoms with Crippen LogP contribution >= 0.6 is 0 Å². The summed E-state index contributed by atoms with van der Waals surface area (Å²) in [5, 5.41) is 10.6. The molecule has 0 radical (unpaired) electrons.